The van der Waals surface area contributed by atoms with Crippen LogP contribution in [-0.2, 0) is 4.79 Å². The van der Waals surface area contributed by atoms with Crippen LogP contribution in [0.5, 0.6) is 5.75 Å². The number of hydrogen-bond donors (Lipinski definition) is 2. The van der Waals surface area contributed by atoms with Crippen LogP contribution in [0.4, 0.5) is 4.39 Å². The van der Waals surface area contributed by atoms with Gasteiger partial charge in [-0.05, 0) is 35.9 Å². The first-order valence-corrected chi connectivity index (χ1v) is 8.83. The van der Waals surface area contributed by atoms with E-state index in [-0.39, 0.29) is 43.2 Å². The predicted molar refractivity (Wildman–Crippen MR) is 106 cm³/mol. The highest BCUT2D eigenvalue weighted by atomic mass is 35.5. The summed E-state index contributed by atoms with van der Waals surface area (Å²) < 4.78 is 19.1. The number of piperazine rings is 1. The third kappa shape index (κ3) is 5.43. The monoisotopic (exact) mass is 407 g/mol. The Labute approximate surface area is 169 Å². The van der Waals surface area contributed by atoms with Gasteiger partial charge in [0, 0.05) is 25.2 Å². The summed E-state index contributed by atoms with van der Waals surface area (Å²) in [6, 6.07) is 12.6. The summed E-state index contributed by atoms with van der Waals surface area (Å²) in [7, 11) is 0. The van der Waals surface area contributed by atoms with E-state index >= 15 is 0 Å². The number of carbonyl (C=O) groups is 2. The normalized spacial score (nSPS) is 16.2. The van der Waals surface area contributed by atoms with Gasteiger partial charge < -0.3 is 20.7 Å². The number of nitrogens with one attached hydrogen (secondary N) is 1. The van der Waals surface area contributed by atoms with Crippen LogP contribution in [0.3, 0.4) is 0 Å². The number of carbonyl (C=O) groups excluding carboxylic acids is 2. The van der Waals surface area contributed by atoms with Crippen LogP contribution >= 0.6 is 12.4 Å². The van der Waals surface area contributed by atoms with Crippen LogP contribution < -0.4 is 15.8 Å². The Bertz CT molecular complexity index is 834. The average Bonchev–Trinajstić information content (AvgIpc) is 2.68. The Kier molecular flexibility index (Phi) is 7.78. The van der Waals surface area contributed by atoms with Gasteiger partial charge in [-0.1, -0.05) is 18.2 Å². The van der Waals surface area contributed by atoms with Crippen molar-refractivity contribution in [2.75, 3.05) is 26.2 Å². The van der Waals surface area contributed by atoms with Crippen LogP contribution in [0, 0.1) is 5.82 Å². The standard InChI is InChI=1S/C20H22FN3O3.ClH/c21-16-5-1-3-14(11-16)18-13-23-8-9-24(18)19(25)7-10-27-17-6-2-4-15(12-17)20(22)26;/h1-6,11-12,18,23H,7-10,13H2,(H2,22,26);1H. The zero-order valence-corrected chi connectivity index (χ0v) is 16.1. The second-order valence-corrected chi connectivity index (χ2v) is 6.35. The van der Waals surface area contributed by atoms with E-state index in [4.69, 9.17) is 10.5 Å². The molecule has 6 nitrogen and oxygen atoms in total. The van der Waals surface area contributed by atoms with Gasteiger partial charge in [-0.15, -0.1) is 12.4 Å². The second kappa shape index (κ2) is 10.1. The molecule has 3 N–H and O–H groups in total. The molecule has 0 spiro atoms. The number of nitrogens with zero attached hydrogens (tertiary/aromatic N) is 1. The Morgan fingerprint density at radius 3 is 2.75 bits per heavy atom. The maximum absolute atomic E-state index is 13.6. The molecule has 2 aromatic rings. The molecule has 0 aliphatic carbocycles. The summed E-state index contributed by atoms with van der Waals surface area (Å²) in [5, 5.41) is 3.25. The molecule has 1 unspecified atom stereocenters. The van der Waals surface area contributed by atoms with Crippen molar-refractivity contribution in [3.8, 4) is 5.75 Å². The van der Waals surface area contributed by atoms with Crippen LogP contribution in [0.25, 0.3) is 0 Å². The fourth-order valence-electron chi connectivity index (χ4n) is 3.15. The number of rotatable bonds is 6. The lowest BCUT2D eigenvalue weighted by Gasteiger charge is -2.36. The SMILES string of the molecule is Cl.NC(=O)c1cccc(OCCC(=O)N2CCNCC2c2cccc(F)c2)c1. The highest BCUT2D eigenvalue weighted by Gasteiger charge is 2.27. The molecule has 0 bridgehead atoms. The Morgan fingerprint density at radius 2 is 2.00 bits per heavy atom. The molecule has 1 aliphatic heterocycles. The van der Waals surface area contributed by atoms with E-state index in [1.807, 2.05) is 6.07 Å². The fraction of sp³-hybridized carbons (Fsp3) is 0.300. The molecule has 28 heavy (non-hydrogen) atoms. The topological polar surface area (TPSA) is 84.7 Å². The molecule has 2 aromatic carbocycles. The number of hydrogen-bond acceptors (Lipinski definition) is 4. The predicted octanol–water partition coefficient (Wildman–Crippen LogP) is 2.29. The van der Waals surface area contributed by atoms with Crippen LogP contribution in [-0.4, -0.2) is 43.0 Å². The van der Waals surface area contributed by atoms with Gasteiger partial charge in [0.05, 0.1) is 19.1 Å². The smallest absolute Gasteiger partial charge is 0.248 e. The highest BCUT2D eigenvalue weighted by molar-refractivity contribution is 5.93. The molecule has 150 valence electrons. The summed E-state index contributed by atoms with van der Waals surface area (Å²) >= 11 is 0. The van der Waals surface area contributed by atoms with Crippen LogP contribution in [0.15, 0.2) is 48.5 Å². The number of ether oxygens (including phenoxy) is 1. The molecular formula is C20H23ClFN3O3. The van der Waals surface area contributed by atoms with Crippen molar-refractivity contribution in [1.82, 2.24) is 10.2 Å². The van der Waals surface area contributed by atoms with E-state index in [1.165, 1.54) is 12.1 Å². The van der Waals surface area contributed by atoms with E-state index in [1.54, 1.807) is 35.2 Å². The molecule has 0 saturated carbocycles. The lowest BCUT2D eigenvalue weighted by atomic mass is 10.0. The molecule has 1 aliphatic rings. The van der Waals surface area contributed by atoms with Crippen molar-refractivity contribution in [3.63, 3.8) is 0 Å². The Hall–Kier alpha value is -2.64. The number of primary amides is 1. The lowest BCUT2D eigenvalue weighted by molar-refractivity contribution is -0.135. The molecule has 0 radical (unpaired) electrons. The van der Waals surface area contributed by atoms with Crippen molar-refractivity contribution in [2.24, 2.45) is 5.73 Å². The summed E-state index contributed by atoms with van der Waals surface area (Å²) in [5.41, 5.74) is 6.37. The Morgan fingerprint density at radius 1 is 1.21 bits per heavy atom. The van der Waals surface area contributed by atoms with E-state index in [0.29, 0.717) is 30.9 Å². The van der Waals surface area contributed by atoms with E-state index in [0.717, 1.165) is 5.56 Å². The molecule has 1 atom stereocenters. The Balaban J connectivity index is 0.00000280. The molecule has 0 aromatic heterocycles. The van der Waals surface area contributed by atoms with Crippen molar-refractivity contribution >= 4 is 24.2 Å². The minimum atomic E-state index is -0.532. The number of amides is 2. The first-order valence-electron chi connectivity index (χ1n) is 8.83. The summed E-state index contributed by atoms with van der Waals surface area (Å²) in [4.78, 5) is 25.7. The van der Waals surface area contributed by atoms with Gasteiger partial charge in [0.25, 0.3) is 0 Å². The summed E-state index contributed by atoms with van der Waals surface area (Å²) in [6.45, 7) is 2.01. The van der Waals surface area contributed by atoms with Gasteiger partial charge in [0.1, 0.15) is 11.6 Å². The van der Waals surface area contributed by atoms with Gasteiger partial charge in [0.15, 0.2) is 0 Å². The van der Waals surface area contributed by atoms with Crippen molar-refractivity contribution in [1.29, 1.82) is 0 Å². The maximum Gasteiger partial charge on any atom is 0.248 e. The van der Waals surface area contributed by atoms with Gasteiger partial charge in [0.2, 0.25) is 11.8 Å². The minimum Gasteiger partial charge on any atom is -0.493 e. The first-order chi connectivity index (χ1) is 13.0. The third-order valence-electron chi connectivity index (χ3n) is 4.50. The molecule has 1 saturated heterocycles. The van der Waals surface area contributed by atoms with Crippen molar-refractivity contribution in [2.45, 2.75) is 12.5 Å². The van der Waals surface area contributed by atoms with Gasteiger partial charge >= 0.3 is 0 Å². The number of benzene rings is 2. The van der Waals surface area contributed by atoms with Gasteiger partial charge in [-0.3, -0.25) is 9.59 Å². The molecule has 8 heteroatoms. The minimum absolute atomic E-state index is 0. The second-order valence-electron chi connectivity index (χ2n) is 6.35. The zero-order valence-electron chi connectivity index (χ0n) is 15.3. The quantitative estimate of drug-likeness (QED) is 0.769. The molecule has 1 heterocycles. The fourth-order valence-corrected chi connectivity index (χ4v) is 3.15. The van der Waals surface area contributed by atoms with E-state index < -0.39 is 5.91 Å². The molecule has 3 rings (SSSR count). The first kappa shape index (κ1) is 21.7. The van der Waals surface area contributed by atoms with Crippen molar-refractivity contribution < 1.29 is 18.7 Å². The zero-order chi connectivity index (χ0) is 19.2. The number of halogens is 2. The lowest BCUT2D eigenvalue weighted by Crippen LogP contribution is -2.49. The largest absolute Gasteiger partial charge is 0.493 e. The van der Waals surface area contributed by atoms with Crippen molar-refractivity contribution in [3.05, 3.63) is 65.5 Å². The highest BCUT2D eigenvalue weighted by Crippen LogP contribution is 2.23. The average molecular weight is 408 g/mol. The maximum atomic E-state index is 13.6. The van der Waals surface area contributed by atoms with Gasteiger partial charge in [-0.25, -0.2) is 4.39 Å². The third-order valence-corrected chi connectivity index (χ3v) is 4.50. The van der Waals surface area contributed by atoms with Crippen LogP contribution in [0.1, 0.15) is 28.4 Å². The number of nitrogens with two attached hydrogens (primary N) is 1. The molecule has 1 fully saturated rings. The molecule has 2 amide bonds. The van der Waals surface area contributed by atoms with E-state index in [9.17, 15) is 14.0 Å². The molecular weight excluding hydrogens is 385 g/mol. The van der Waals surface area contributed by atoms with Crippen LogP contribution in [0.2, 0.25) is 0 Å². The van der Waals surface area contributed by atoms with E-state index in [2.05, 4.69) is 5.32 Å². The summed E-state index contributed by atoms with van der Waals surface area (Å²) in [5.74, 6) is -0.420. The summed E-state index contributed by atoms with van der Waals surface area (Å²) in [6.07, 6.45) is 0.187. The van der Waals surface area contributed by atoms with Gasteiger partial charge in [-0.2, -0.15) is 0 Å².